The van der Waals surface area contributed by atoms with Crippen LogP contribution in [0, 0.1) is 5.41 Å². The average Bonchev–Trinajstić information content (AvgIpc) is 2.99. The highest BCUT2D eigenvalue weighted by Gasteiger charge is 2.44. The van der Waals surface area contributed by atoms with Crippen LogP contribution in [-0.2, 0) is 31.0 Å². The van der Waals surface area contributed by atoms with E-state index in [-0.39, 0.29) is 41.3 Å². The quantitative estimate of drug-likeness (QED) is 0.623. The largest absolute Gasteiger partial charge is 0.326 e. The molecule has 0 saturated carbocycles. The topological polar surface area (TPSA) is 118 Å². The molecule has 1 heterocycles. The number of hydrogen-bond donors (Lipinski definition) is 1. The molecule has 0 bridgehead atoms. The van der Waals surface area contributed by atoms with Gasteiger partial charge in [-0.3, -0.25) is 14.4 Å². The number of carbonyl (C=O) groups is 3. The van der Waals surface area contributed by atoms with Crippen LogP contribution in [0.2, 0.25) is 5.02 Å². The van der Waals surface area contributed by atoms with Gasteiger partial charge in [0, 0.05) is 18.0 Å². The molecular weight excluding hydrogens is 466 g/mol. The van der Waals surface area contributed by atoms with Crippen molar-refractivity contribution in [3.63, 3.8) is 0 Å². The van der Waals surface area contributed by atoms with Crippen molar-refractivity contribution in [3.05, 3.63) is 59.1 Å². The number of rotatable bonds is 6. The second-order valence-corrected chi connectivity index (χ2v) is 11.1. The van der Waals surface area contributed by atoms with Crippen LogP contribution < -0.4 is 10.0 Å². The number of amides is 3. The Hall–Kier alpha value is -2.75. The van der Waals surface area contributed by atoms with E-state index in [2.05, 4.69) is 0 Å². The van der Waals surface area contributed by atoms with Crippen LogP contribution in [0.1, 0.15) is 39.2 Å². The Labute approximate surface area is 198 Å². The summed E-state index contributed by atoms with van der Waals surface area (Å²) in [6.45, 7) is 5.83. The zero-order valence-electron chi connectivity index (χ0n) is 18.6. The van der Waals surface area contributed by atoms with Gasteiger partial charge < -0.3 is 4.90 Å². The third kappa shape index (κ3) is 5.79. The Kier molecular flexibility index (Phi) is 6.97. The smallest absolute Gasteiger partial charge is 0.257 e. The van der Waals surface area contributed by atoms with E-state index in [0.717, 1.165) is 4.90 Å². The van der Waals surface area contributed by atoms with E-state index in [4.69, 9.17) is 16.7 Å². The van der Waals surface area contributed by atoms with E-state index in [1.54, 1.807) is 24.3 Å². The highest BCUT2D eigenvalue weighted by molar-refractivity contribution is 7.89. The minimum atomic E-state index is -3.92. The zero-order chi connectivity index (χ0) is 24.6. The first-order valence-corrected chi connectivity index (χ1v) is 12.2. The predicted octanol–water partition coefficient (Wildman–Crippen LogP) is 3.08. The average molecular weight is 492 g/mol. The third-order valence-electron chi connectivity index (χ3n) is 5.22. The van der Waals surface area contributed by atoms with Gasteiger partial charge in [0.05, 0.1) is 17.0 Å². The first kappa shape index (κ1) is 24.9. The fourth-order valence-electron chi connectivity index (χ4n) is 3.65. The number of sulfonamides is 1. The fourth-order valence-corrected chi connectivity index (χ4v) is 4.36. The minimum Gasteiger partial charge on any atom is -0.326 e. The molecule has 8 nitrogen and oxygen atoms in total. The third-order valence-corrected chi connectivity index (χ3v) is 6.52. The predicted molar refractivity (Wildman–Crippen MR) is 125 cm³/mol. The van der Waals surface area contributed by atoms with Gasteiger partial charge in [-0.25, -0.2) is 18.5 Å². The molecule has 0 aliphatic carbocycles. The van der Waals surface area contributed by atoms with Gasteiger partial charge in [-0.15, -0.1) is 0 Å². The zero-order valence-corrected chi connectivity index (χ0v) is 20.2. The standard InChI is InChI=1S/C23H26ClN3O5S/c1-23(2,3)13-21(29)26(14-15-6-4-5-7-18(15)24)19-12-20(28)27(22(19)30)16-8-10-17(11-9-16)33(25,31)32/h4-11,19H,12-14H2,1-3H3,(H2,25,31,32). The van der Waals surface area contributed by atoms with Crippen molar-refractivity contribution in [2.75, 3.05) is 4.90 Å². The summed E-state index contributed by atoms with van der Waals surface area (Å²) in [5, 5.41) is 5.57. The minimum absolute atomic E-state index is 0.0798. The number of carbonyl (C=O) groups excluding carboxylic acids is 3. The Morgan fingerprint density at radius 3 is 2.27 bits per heavy atom. The molecule has 2 aromatic rings. The van der Waals surface area contributed by atoms with Crippen LogP contribution in [0.3, 0.4) is 0 Å². The molecule has 2 N–H and O–H groups in total. The Balaban J connectivity index is 1.94. The summed E-state index contributed by atoms with van der Waals surface area (Å²) < 4.78 is 23.0. The second kappa shape index (κ2) is 9.24. The van der Waals surface area contributed by atoms with Crippen LogP contribution in [0.25, 0.3) is 0 Å². The molecule has 0 radical (unpaired) electrons. The molecule has 2 aromatic carbocycles. The van der Waals surface area contributed by atoms with Crippen LogP contribution in [0.4, 0.5) is 5.69 Å². The van der Waals surface area contributed by atoms with Gasteiger partial charge in [-0.1, -0.05) is 50.6 Å². The summed E-state index contributed by atoms with van der Waals surface area (Å²) in [6, 6.07) is 11.2. The molecule has 1 aliphatic heterocycles. The maximum Gasteiger partial charge on any atom is 0.257 e. The molecule has 0 spiro atoms. The van der Waals surface area contributed by atoms with E-state index in [1.165, 1.54) is 29.2 Å². The maximum atomic E-state index is 13.3. The molecule has 3 rings (SSSR count). The summed E-state index contributed by atoms with van der Waals surface area (Å²) in [7, 11) is -3.92. The Bertz CT molecular complexity index is 1190. The number of primary sulfonamides is 1. The molecule has 0 aromatic heterocycles. The summed E-state index contributed by atoms with van der Waals surface area (Å²) in [5.74, 6) is -1.31. The van der Waals surface area contributed by atoms with Crippen molar-refractivity contribution < 1.29 is 22.8 Å². The molecule has 1 fully saturated rings. The van der Waals surface area contributed by atoms with E-state index in [0.29, 0.717) is 10.6 Å². The first-order valence-electron chi connectivity index (χ1n) is 10.3. The van der Waals surface area contributed by atoms with Gasteiger partial charge in [0.25, 0.3) is 5.91 Å². The lowest BCUT2D eigenvalue weighted by molar-refractivity contribution is -0.140. The van der Waals surface area contributed by atoms with E-state index in [9.17, 15) is 22.8 Å². The van der Waals surface area contributed by atoms with Gasteiger partial charge in [-0.2, -0.15) is 0 Å². The van der Waals surface area contributed by atoms with Crippen molar-refractivity contribution in [3.8, 4) is 0 Å². The number of hydrogen-bond acceptors (Lipinski definition) is 5. The summed E-state index contributed by atoms with van der Waals surface area (Å²) in [4.78, 5) is 41.6. The van der Waals surface area contributed by atoms with Crippen molar-refractivity contribution >= 4 is 45.0 Å². The number of halogens is 1. The van der Waals surface area contributed by atoms with Crippen LogP contribution in [0.5, 0.6) is 0 Å². The van der Waals surface area contributed by atoms with Gasteiger partial charge in [0.15, 0.2) is 0 Å². The molecule has 3 amide bonds. The molecule has 1 unspecified atom stereocenters. The summed E-state index contributed by atoms with van der Waals surface area (Å²) in [6.07, 6.45) is -0.00537. The normalized spacial score (nSPS) is 16.9. The number of nitrogens with two attached hydrogens (primary N) is 1. The summed E-state index contributed by atoms with van der Waals surface area (Å²) >= 11 is 6.29. The maximum absolute atomic E-state index is 13.3. The van der Waals surface area contributed by atoms with Crippen LogP contribution in [-0.4, -0.2) is 37.1 Å². The van der Waals surface area contributed by atoms with Crippen molar-refractivity contribution in [1.29, 1.82) is 0 Å². The second-order valence-electron chi connectivity index (χ2n) is 9.18. The summed E-state index contributed by atoms with van der Waals surface area (Å²) in [5.41, 5.74) is 0.545. The number of nitrogens with zero attached hydrogens (tertiary/aromatic N) is 2. The lowest BCUT2D eigenvalue weighted by atomic mass is 9.91. The lowest BCUT2D eigenvalue weighted by Gasteiger charge is -2.30. The Morgan fingerprint density at radius 2 is 1.73 bits per heavy atom. The van der Waals surface area contributed by atoms with Gasteiger partial charge in [0.1, 0.15) is 6.04 Å². The first-order chi connectivity index (χ1) is 15.3. The Morgan fingerprint density at radius 1 is 1.12 bits per heavy atom. The van der Waals surface area contributed by atoms with Gasteiger partial charge in [0.2, 0.25) is 21.8 Å². The van der Waals surface area contributed by atoms with Gasteiger partial charge in [-0.05, 0) is 41.3 Å². The van der Waals surface area contributed by atoms with Gasteiger partial charge >= 0.3 is 0 Å². The SMILES string of the molecule is CC(C)(C)CC(=O)N(Cc1ccccc1Cl)C1CC(=O)N(c2ccc(S(N)(=O)=O)cc2)C1=O. The highest BCUT2D eigenvalue weighted by Crippen LogP contribution is 2.30. The molecule has 33 heavy (non-hydrogen) atoms. The molecule has 10 heteroatoms. The van der Waals surface area contributed by atoms with E-state index < -0.39 is 27.9 Å². The molecular formula is C23H26ClN3O5S. The lowest BCUT2D eigenvalue weighted by Crippen LogP contribution is -2.46. The van der Waals surface area contributed by atoms with Crippen LogP contribution in [0.15, 0.2) is 53.4 Å². The monoisotopic (exact) mass is 491 g/mol. The molecule has 1 aliphatic rings. The molecule has 1 saturated heterocycles. The van der Waals surface area contributed by atoms with E-state index >= 15 is 0 Å². The molecule has 1 atom stereocenters. The van der Waals surface area contributed by atoms with Crippen molar-refractivity contribution in [1.82, 2.24) is 4.90 Å². The number of anilines is 1. The van der Waals surface area contributed by atoms with Crippen LogP contribution >= 0.6 is 11.6 Å². The van der Waals surface area contributed by atoms with Crippen molar-refractivity contribution in [2.24, 2.45) is 10.6 Å². The highest BCUT2D eigenvalue weighted by atomic mass is 35.5. The fraction of sp³-hybridized carbons (Fsp3) is 0.348. The number of imide groups is 1. The number of benzene rings is 2. The molecule has 176 valence electrons. The van der Waals surface area contributed by atoms with Crippen molar-refractivity contribution in [2.45, 2.75) is 51.1 Å². The van der Waals surface area contributed by atoms with E-state index in [1.807, 2.05) is 20.8 Å².